The third-order valence-electron chi connectivity index (χ3n) is 19.5. The second-order valence-electron chi connectivity index (χ2n) is 25.8. The zero-order valence-electron chi connectivity index (χ0n) is 61.2. The van der Waals surface area contributed by atoms with Gasteiger partial charge in [0.1, 0.15) is 0 Å². The monoisotopic (exact) mass is 1330 g/mol. The Bertz CT molecular complexity index is 6610. The summed E-state index contributed by atoms with van der Waals surface area (Å²) in [6.07, 6.45) is 7.47. The fraction of sp³-hybridized carbons (Fsp3) is 0. The first kappa shape index (κ1) is 56.9. The van der Waals surface area contributed by atoms with Crippen LogP contribution in [0.1, 0.15) is 6.85 Å². The minimum atomic E-state index is -0.412. The van der Waals surface area contributed by atoms with Gasteiger partial charge < -0.3 is 0 Å². The van der Waals surface area contributed by atoms with E-state index < -0.39 is 6.04 Å². The highest BCUT2D eigenvalue weighted by Crippen LogP contribution is 2.40. The van der Waals surface area contributed by atoms with Crippen LogP contribution in [0.25, 0.3) is 188 Å². The fourth-order valence-electron chi connectivity index (χ4n) is 14.1. The Hall–Kier alpha value is -13.9. The van der Waals surface area contributed by atoms with E-state index in [1.165, 1.54) is 65.2 Å². The van der Waals surface area contributed by atoms with Crippen LogP contribution >= 0.6 is 0 Å². The van der Waals surface area contributed by atoms with Crippen molar-refractivity contribution in [2.75, 3.05) is 0 Å². The largest absolute Gasteiger partial charge is 0.264 e. The third-order valence-corrected chi connectivity index (χ3v) is 19.5. The summed E-state index contributed by atoms with van der Waals surface area (Å²) in [5.41, 5.74) is 20.7. The van der Waals surface area contributed by atoms with Gasteiger partial charge in [0.05, 0.1) is 29.6 Å². The lowest BCUT2D eigenvalue weighted by atomic mass is 9.92. The Morgan fingerprint density at radius 3 is 1.16 bits per heavy atom. The molecule has 0 aliphatic carbocycles. The van der Waals surface area contributed by atoms with Crippen molar-refractivity contribution in [2.24, 2.45) is 0 Å². The Balaban J connectivity index is 0.000000155. The Kier molecular flexibility index (Phi) is 15.1. The van der Waals surface area contributed by atoms with E-state index in [9.17, 15) is 0 Å². The molecule has 4 heterocycles. The molecule has 0 atom stereocenters. The van der Waals surface area contributed by atoms with Gasteiger partial charge in [0.25, 0.3) is 0 Å². The Morgan fingerprint density at radius 2 is 0.587 bits per heavy atom. The van der Waals surface area contributed by atoms with Crippen LogP contribution in [-0.4, -0.2) is 29.9 Å². The van der Waals surface area contributed by atoms with Crippen molar-refractivity contribution >= 4 is 53.9 Å². The Labute approximate surface area is 610 Å². The summed E-state index contributed by atoms with van der Waals surface area (Å²) in [5, 5.41) is 12.3. The zero-order valence-corrected chi connectivity index (χ0v) is 56.2. The maximum atomic E-state index is 8.42. The lowest BCUT2D eigenvalue weighted by Crippen LogP contribution is -1.96. The van der Waals surface area contributed by atoms with Crippen LogP contribution in [0.15, 0.2) is 389 Å². The molecule has 486 valence electrons. The molecule has 0 aliphatic heterocycles. The Morgan fingerprint density at radius 1 is 0.192 bits per heavy atom. The van der Waals surface area contributed by atoms with Crippen molar-refractivity contribution in [3.63, 3.8) is 0 Å². The number of nitrogens with zero attached hydrogens (tertiary/aromatic N) is 6. The van der Waals surface area contributed by atoms with Crippen LogP contribution < -0.4 is 0 Å². The predicted molar refractivity (Wildman–Crippen MR) is 432 cm³/mol. The molecule has 0 amide bonds. The minimum Gasteiger partial charge on any atom is -0.264 e. The first-order valence-electron chi connectivity index (χ1n) is 37.2. The molecule has 0 saturated heterocycles. The van der Waals surface area contributed by atoms with Gasteiger partial charge in [0.15, 0.2) is 11.6 Å². The van der Waals surface area contributed by atoms with Gasteiger partial charge in [0, 0.05) is 69.1 Å². The molecule has 0 radical (unpaired) electrons. The van der Waals surface area contributed by atoms with Gasteiger partial charge in [-0.1, -0.05) is 334 Å². The molecule has 6 nitrogen and oxygen atoms in total. The van der Waals surface area contributed by atoms with Crippen LogP contribution in [0.2, 0.25) is 0 Å². The van der Waals surface area contributed by atoms with Crippen LogP contribution in [0.3, 0.4) is 0 Å². The van der Waals surface area contributed by atoms with Crippen LogP contribution in [-0.2, 0) is 0 Å². The molecule has 0 spiro atoms. The normalized spacial score (nSPS) is 11.9. The van der Waals surface area contributed by atoms with Crippen molar-refractivity contribution in [3.8, 4) is 135 Å². The minimum absolute atomic E-state index is 0.164. The van der Waals surface area contributed by atoms with E-state index in [2.05, 4.69) is 265 Å². The predicted octanol–water partition coefficient (Wildman–Crippen LogP) is 25.5. The van der Waals surface area contributed by atoms with Gasteiger partial charge in [-0.2, -0.15) is 0 Å². The van der Waals surface area contributed by atoms with E-state index in [1.54, 1.807) is 18.3 Å². The van der Waals surface area contributed by atoms with E-state index in [-0.39, 0.29) is 29.7 Å². The molecule has 0 fully saturated rings. The standard InChI is InChI=1S/C55H35N3.C43H29N3/c1-2-11-36(12-3-1)37-21-25-39(26-22-37)53-33-54(43-15-10-14-42(31-43)52-35-56-34-44-13-4-5-16-45(44)52)58-55(57-53)40-27-23-38(24-28-40)41-29-30-50-48-19-7-6-17-46(48)47-18-8-9-20-49(47)51(50)32-41;1-2-8-30(9-3-1)31-15-21-35(22-16-31)41-28-42(36-23-17-32(18-24-36)38-12-7-27-44-29-38)46-43(45-41)37-25-19-34(20-26-37)40-14-6-11-33-10-4-5-13-39(33)40/h1-35H;1-29H/i;1D,2D,3D,8D,9D. The average molecular weight is 1330 g/mol. The number of aromatic nitrogens is 6. The zero-order chi connectivity index (χ0) is 73.5. The van der Waals surface area contributed by atoms with Gasteiger partial charge in [0.2, 0.25) is 0 Å². The maximum Gasteiger partial charge on any atom is 0.160 e. The number of hydrogen-bond donors (Lipinski definition) is 0. The maximum absolute atomic E-state index is 8.42. The van der Waals surface area contributed by atoms with E-state index >= 15 is 0 Å². The number of benzene rings is 15. The molecule has 19 rings (SSSR count). The van der Waals surface area contributed by atoms with Crippen LogP contribution in [0.4, 0.5) is 0 Å². The number of fused-ring (bicyclic) bond motifs is 8. The summed E-state index contributed by atoms with van der Waals surface area (Å²) >= 11 is 0. The second-order valence-corrected chi connectivity index (χ2v) is 25.8. The summed E-state index contributed by atoms with van der Waals surface area (Å²) in [6, 6.07) is 114. The fourth-order valence-corrected chi connectivity index (χ4v) is 14.1. The van der Waals surface area contributed by atoms with E-state index in [0.29, 0.717) is 22.9 Å². The van der Waals surface area contributed by atoms with Crippen molar-refractivity contribution in [1.29, 1.82) is 0 Å². The lowest BCUT2D eigenvalue weighted by Gasteiger charge is -2.13. The molecule has 0 unspecified atom stereocenters. The summed E-state index contributed by atoms with van der Waals surface area (Å²) in [4.78, 5) is 29.3. The highest BCUT2D eigenvalue weighted by atomic mass is 14.9. The highest BCUT2D eigenvalue weighted by Gasteiger charge is 2.18. The molecule has 4 aromatic heterocycles. The first-order chi connectivity index (χ1) is 53.6. The molecular formula is C98H64N6. The number of rotatable bonds is 12. The van der Waals surface area contributed by atoms with Crippen LogP contribution in [0, 0.1) is 0 Å². The van der Waals surface area contributed by atoms with E-state index in [4.69, 9.17) is 26.8 Å². The van der Waals surface area contributed by atoms with E-state index in [1.807, 2.05) is 85.3 Å². The molecule has 15 aromatic carbocycles. The summed E-state index contributed by atoms with van der Waals surface area (Å²) in [7, 11) is 0. The van der Waals surface area contributed by atoms with Crippen molar-refractivity contribution in [1.82, 2.24) is 29.9 Å². The molecule has 104 heavy (non-hydrogen) atoms. The van der Waals surface area contributed by atoms with Gasteiger partial charge in [-0.05, 0) is 140 Å². The smallest absolute Gasteiger partial charge is 0.160 e. The summed E-state index contributed by atoms with van der Waals surface area (Å²) < 4.78 is 41.0. The van der Waals surface area contributed by atoms with Gasteiger partial charge >= 0.3 is 0 Å². The van der Waals surface area contributed by atoms with E-state index in [0.717, 1.165) is 94.8 Å². The molecule has 0 saturated carbocycles. The molecule has 19 aromatic rings. The quantitative estimate of drug-likeness (QED) is 0.113. The third kappa shape index (κ3) is 12.5. The van der Waals surface area contributed by atoms with Gasteiger partial charge in [-0.3, -0.25) is 9.97 Å². The van der Waals surface area contributed by atoms with Crippen LogP contribution in [0.5, 0.6) is 0 Å². The summed E-state index contributed by atoms with van der Waals surface area (Å²) in [5.74, 6) is 1.25. The average Bonchev–Trinajstić information content (AvgIpc) is 0.746. The number of pyridine rings is 2. The van der Waals surface area contributed by atoms with Crippen molar-refractivity contribution < 1.29 is 6.85 Å². The first-order valence-corrected chi connectivity index (χ1v) is 34.7. The molecule has 0 aliphatic rings. The lowest BCUT2D eigenvalue weighted by molar-refractivity contribution is 1.18. The topological polar surface area (TPSA) is 77.3 Å². The van der Waals surface area contributed by atoms with Crippen molar-refractivity contribution in [3.05, 3.63) is 389 Å². The van der Waals surface area contributed by atoms with Gasteiger partial charge in [-0.15, -0.1) is 0 Å². The molecule has 0 N–H and O–H groups in total. The molecular weight excluding hydrogens is 1260 g/mol. The highest BCUT2D eigenvalue weighted by molar-refractivity contribution is 6.25. The molecule has 6 heteroatoms. The van der Waals surface area contributed by atoms with Crippen molar-refractivity contribution in [2.45, 2.75) is 0 Å². The second kappa shape index (κ2) is 27.6. The summed E-state index contributed by atoms with van der Waals surface area (Å²) in [6.45, 7) is 0. The van der Waals surface area contributed by atoms with Gasteiger partial charge in [-0.25, -0.2) is 19.9 Å². The molecule has 0 bridgehead atoms. The number of hydrogen-bond acceptors (Lipinski definition) is 6. The SMILES string of the molecule is [2H]c1c([2H])c([2H])c(-c2ccc(-c3cc(-c4ccc(-c5cccnc5)cc4)nc(-c4ccc(-c5cccc6ccccc56)cc4)n3)cc2)c([2H])c1[2H].c1ccc(-c2ccc(-c3cc(-c4cccc(-c5cncc6ccccc56)c4)nc(-c4ccc(-c5ccc6c7ccccc7c7ccccc7c6c5)cc4)n3)cc2)cc1.